The monoisotopic (exact) mass is 415 g/mol. The van der Waals surface area contributed by atoms with Crippen LogP contribution in [-0.2, 0) is 0 Å². The molecule has 4 aromatic rings. The van der Waals surface area contributed by atoms with Gasteiger partial charge in [0, 0.05) is 18.3 Å². The number of benzene rings is 2. The number of fused-ring (bicyclic) bond motifs is 1. The van der Waals surface area contributed by atoms with Crippen LogP contribution in [0.25, 0.3) is 22.4 Å². The summed E-state index contributed by atoms with van der Waals surface area (Å²) in [4.78, 5) is 45.7. The number of hydrogen-bond donors (Lipinski definition) is 3. The average molecular weight is 415 g/mol. The number of anilines is 1. The van der Waals surface area contributed by atoms with Gasteiger partial charge in [-0.3, -0.25) is 9.59 Å². The van der Waals surface area contributed by atoms with Gasteiger partial charge in [-0.2, -0.15) is 4.91 Å². The number of aromatic nitrogens is 3. The summed E-state index contributed by atoms with van der Waals surface area (Å²) in [7, 11) is 0. The number of nitrogens with one attached hydrogen (secondary N) is 3. The van der Waals surface area contributed by atoms with Gasteiger partial charge in [0.2, 0.25) is 0 Å². The first-order valence-corrected chi connectivity index (χ1v) is 9.80. The van der Waals surface area contributed by atoms with Crippen molar-refractivity contribution < 1.29 is 4.79 Å². The van der Waals surface area contributed by atoms with E-state index in [4.69, 9.17) is 0 Å². The normalized spacial score (nSPS) is 11.9. The zero-order chi connectivity index (χ0) is 22.0. The Hall–Kier alpha value is -4.07. The number of carbonyl (C=O) groups excluding carboxylic acids is 1. The van der Waals surface area contributed by atoms with Crippen LogP contribution < -0.4 is 10.9 Å². The molecule has 8 nitrogen and oxygen atoms in total. The third kappa shape index (κ3) is 4.00. The fourth-order valence-electron chi connectivity index (χ4n) is 3.67. The minimum Gasteiger partial charge on any atom is -0.382 e. The number of nitroso groups, excluding NO2 is 1. The lowest BCUT2D eigenvalue weighted by Gasteiger charge is -2.14. The zero-order valence-electron chi connectivity index (χ0n) is 17.1. The number of H-pyrrole nitrogens is 2. The van der Waals surface area contributed by atoms with E-state index >= 15 is 0 Å². The van der Waals surface area contributed by atoms with Gasteiger partial charge in [-0.15, -0.1) is 0 Å². The van der Waals surface area contributed by atoms with Crippen LogP contribution >= 0.6 is 0 Å². The Balaban J connectivity index is 1.70. The molecular formula is C23H21N5O3. The van der Waals surface area contributed by atoms with Crippen molar-refractivity contribution >= 4 is 23.0 Å². The van der Waals surface area contributed by atoms with Crippen LogP contribution in [0.1, 0.15) is 33.1 Å². The van der Waals surface area contributed by atoms with Gasteiger partial charge in [0.25, 0.3) is 5.56 Å². The molecule has 1 unspecified atom stereocenters. The van der Waals surface area contributed by atoms with Crippen LogP contribution in [0.3, 0.4) is 0 Å². The molecule has 0 spiro atoms. The molecule has 0 saturated carbocycles. The average Bonchev–Trinajstić information content (AvgIpc) is 3.18. The predicted molar refractivity (Wildman–Crippen MR) is 120 cm³/mol. The van der Waals surface area contributed by atoms with E-state index in [1.54, 1.807) is 18.2 Å². The summed E-state index contributed by atoms with van der Waals surface area (Å²) < 4.78 is 0. The molecule has 0 amide bonds. The molecule has 31 heavy (non-hydrogen) atoms. The SMILES string of the molecule is Cc1cccc(C(CNc2cc[nH]c(=O)c2-c2nc3c(C)cc(C=O)cc3[nH]2)N=O)c1. The number of carbonyl (C=O) groups is 1. The van der Waals surface area contributed by atoms with E-state index in [0.29, 0.717) is 33.7 Å². The van der Waals surface area contributed by atoms with Gasteiger partial charge >= 0.3 is 0 Å². The van der Waals surface area contributed by atoms with E-state index in [1.165, 1.54) is 6.20 Å². The number of aryl methyl sites for hydroxylation is 2. The lowest BCUT2D eigenvalue weighted by atomic mass is 10.0. The van der Waals surface area contributed by atoms with E-state index in [0.717, 1.165) is 23.0 Å². The second-order valence-electron chi connectivity index (χ2n) is 7.45. The summed E-state index contributed by atoms with van der Waals surface area (Å²) in [6.07, 6.45) is 2.30. The molecule has 8 heteroatoms. The second-order valence-corrected chi connectivity index (χ2v) is 7.45. The largest absolute Gasteiger partial charge is 0.382 e. The molecule has 0 bridgehead atoms. The van der Waals surface area contributed by atoms with E-state index in [1.807, 2.05) is 38.1 Å². The Labute approximate surface area is 177 Å². The number of aldehydes is 1. The number of hydrogen-bond acceptors (Lipinski definition) is 6. The van der Waals surface area contributed by atoms with Gasteiger partial charge in [0.1, 0.15) is 23.7 Å². The molecule has 2 heterocycles. The first kappa shape index (κ1) is 20.2. The molecule has 0 aliphatic heterocycles. The van der Waals surface area contributed by atoms with Crippen LogP contribution in [0.5, 0.6) is 0 Å². The Bertz CT molecular complexity index is 1340. The van der Waals surface area contributed by atoms with Crippen LogP contribution in [0.2, 0.25) is 0 Å². The highest BCUT2D eigenvalue weighted by Gasteiger charge is 2.18. The molecular weight excluding hydrogens is 394 g/mol. The molecule has 156 valence electrons. The third-order valence-corrected chi connectivity index (χ3v) is 5.17. The molecule has 0 radical (unpaired) electrons. The number of imidazole rings is 1. The van der Waals surface area contributed by atoms with Crippen LogP contribution in [-0.4, -0.2) is 27.8 Å². The lowest BCUT2D eigenvalue weighted by Crippen LogP contribution is -2.16. The fraction of sp³-hybridized carbons (Fsp3) is 0.174. The molecule has 0 aliphatic rings. The predicted octanol–water partition coefficient (Wildman–Crippen LogP) is 4.27. The highest BCUT2D eigenvalue weighted by Crippen LogP contribution is 2.27. The highest BCUT2D eigenvalue weighted by atomic mass is 16.3. The molecule has 0 aliphatic carbocycles. The summed E-state index contributed by atoms with van der Waals surface area (Å²) in [5, 5.41) is 6.42. The van der Waals surface area contributed by atoms with Gasteiger partial charge in [-0.1, -0.05) is 35.0 Å². The maximum Gasteiger partial charge on any atom is 0.261 e. The van der Waals surface area contributed by atoms with Crippen molar-refractivity contribution in [3.05, 3.63) is 86.2 Å². The topological polar surface area (TPSA) is 120 Å². The summed E-state index contributed by atoms with van der Waals surface area (Å²) in [5.41, 5.74) is 5.05. The van der Waals surface area contributed by atoms with E-state index < -0.39 is 6.04 Å². The number of nitrogens with zero attached hydrogens (tertiary/aromatic N) is 2. The smallest absolute Gasteiger partial charge is 0.261 e. The van der Waals surface area contributed by atoms with Gasteiger partial charge in [0.05, 0.1) is 16.7 Å². The van der Waals surface area contributed by atoms with Crippen molar-refractivity contribution in [2.45, 2.75) is 19.9 Å². The van der Waals surface area contributed by atoms with Gasteiger partial charge in [-0.25, -0.2) is 4.98 Å². The summed E-state index contributed by atoms with van der Waals surface area (Å²) in [6, 6.07) is 12.1. The minimum atomic E-state index is -0.611. The van der Waals surface area contributed by atoms with Crippen molar-refractivity contribution in [1.82, 2.24) is 15.0 Å². The third-order valence-electron chi connectivity index (χ3n) is 5.17. The number of aromatic amines is 2. The quantitative estimate of drug-likeness (QED) is 0.308. The van der Waals surface area contributed by atoms with E-state index in [-0.39, 0.29) is 12.1 Å². The minimum absolute atomic E-state index is 0.220. The molecule has 2 aromatic carbocycles. The van der Waals surface area contributed by atoms with Crippen molar-refractivity contribution in [3.63, 3.8) is 0 Å². The maximum atomic E-state index is 12.7. The van der Waals surface area contributed by atoms with Crippen molar-refractivity contribution in [2.75, 3.05) is 11.9 Å². The van der Waals surface area contributed by atoms with E-state index in [9.17, 15) is 14.5 Å². The van der Waals surface area contributed by atoms with Gasteiger partial charge < -0.3 is 15.3 Å². The second kappa shape index (κ2) is 8.35. The van der Waals surface area contributed by atoms with Crippen molar-refractivity contribution in [3.8, 4) is 11.4 Å². The van der Waals surface area contributed by atoms with Crippen molar-refractivity contribution in [1.29, 1.82) is 0 Å². The first-order chi connectivity index (χ1) is 15.0. The molecule has 4 rings (SSSR count). The molecule has 0 saturated heterocycles. The summed E-state index contributed by atoms with van der Waals surface area (Å²) in [5.74, 6) is 0.372. The summed E-state index contributed by atoms with van der Waals surface area (Å²) in [6.45, 7) is 4.03. The molecule has 1 atom stereocenters. The number of rotatable bonds is 7. The Morgan fingerprint density at radius 1 is 1.19 bits per heavy atom. The first-order valence-electron chi connectivity index (χ1n) is 9.80. The Kier molecular flexibility index (Phi) is 5.44. The maximum absolute atomic E-state index is 12.7. The Morgan fingerprint density at radius 2 is 2.03 bits per heavy atom. The van der Waals surface area contributed by atoms with Crippen LogP contribution in [0.4, 0.5) is 5.69 Å². The lowest BCUT2D eigenvalue weighted by molar-refractivity contribution is 0.112. The molecule has 2 aromatic heterocycles. The fourth-order valence-corrected chi connectivity index (χ4v) is 3.67. The zero-order valence-corrected chi connectivity index (χ0v) is 17.1. The van der Waals surface area contributed by atoms with Gasteiger partial charge in [-0.05, 0) is 43.2 Å². The molecule has 3 N–H and O–H groups in total. The standard InChI is InChI=1S/C23H21N5O3/c1-13-4-3-5-16(8-13)19(28-31)11-25-17-6-7-24-23(30)20(17)22-26-18-10-15(12-29)9-14(2)21(18)27-22/h3-10,12,19H,11H2,1-2H3,(H,26,27)(H2,24,25,30). The Morgan fingerprint density at radius 3 is 2.77 bits per heavy atom. The van der Waals surface area contributed by atoms with Gasteiger partial charge in [0.15, 0.2) is 0 Å². The summed E-state index contributed by atoms with van der Waals surface area (Å²) >= 11 is 0. The molecule has 0 fully saturated rings. The number of pyridine rings is 1. The highest BCUT2D eigenvalue weighted by molar-refractivity contribution is 5.89. The van der Waals surface area contributed by atoms with Crippen LogP contribution in [0, 0.1) is 18.8 Å². The van der Waals surface area contributed by atoms with E-state index in [2.05, 4.69) is 25.4 Å². The van der Waals surface area contributed by atoms with Crippen molar-refractivity contribution in [2.24, 2.45) is 5.18 Å². The van der Waals surface area contributed by atoms with Crippen LogP contribution in [0.15, 0.2) is 58.6 Å².